The zero-order valence-corrected chi connectivity index (χ0v) is 8.14. The number of anilines is 1. The predicted octanol–water partition coefficient (Wildman–Crippen LogP) is 2.80. The van der Waals surface area contributed by atoms with E-state index in [0.29, 0.717) is 0 Å². The Morgan fingerprint density at radius 3 is 3.00 bits per heavy atom. The van der Waals surface area contributed by atoms with E-state index in [4.69, 9.17) is 0 Å². The van der Waals surface area contributed by atoms with Gasteiger partial charge in [-0.2, -0.15) is 0 Å². The highest BCUT2D eigenvalue weighted by Crippen LogP contribution is 2.20. The van der Waals surface area contributed by atoms with Crippen molar-refractivity contribution in [3.8, 4) is 0 Å². The fourth-order valence-corrected chi connectivity index (χ4v) is 1.57. The highest BCUT2D eigenvalue weighted by molar-refractivity contribution is 8.13. The van der Waals surface area contributed by atoms with E-state index in [1.165, 1.54) is 5.56 Å². The van der Waals surface area contributed by atoms with E-state index in [2.05, 4.69) is 22.4 Å². The number of benzene rings is 1. The SMILES string of the molecule is CSC1=NC=Cc2ccccc2N1. The summed E-state index contributed by atoms with van der Waals surface area (Å²) in [7, 11) is 0. The van der Waals surface area contributed by atoms with Crippen molar-refractivity contribution in [1.29, 1.82) is 0 Å². The minimum Gasteiger partial charge on any atom is -0.334 e. The van der Waals surface area contributed by atoms with Crippen LogP contribution in [0.5, 0.6) is 0 Å². The Morgan fingerprint density at radius 2 is 2.15 bits per heavy atom. The van der Waals surface area contributed by atoms with E-state index >= 15 is 0 Å². The van der Waals surface area contributed by atoms with Gasteiger partial charge in [0, 0.05) is 11.9 Å². The molecule has 2 nitrogen and oxygen atoms in total. The van der Waals surface area contributed by atoms with Crippen LogP contribution in [0.25, 0.3) is 6.08 Å². The van der Waals surface area contributed by atoms with Crippen molar-refractivity contribution in [3.05, 3.63) is 36.0 Å². The van der Waals surface area contributed by atoms with Gasteiger partial charge >= 0.3 is 0 Å². The number of thioether (sulfide) groups is 1. The van der Waals surface area contributed by atoms with E-state index < -0.39 is 0 Å². The van der Waals surface area contributed by atoms with Crippen LogP contribution >= 0.6 is 11.8 Å². The molecule has 1 N–H and O–H groups in total. The zero-order chi connectivity index (χ0) is 9.10. The lowest BCUT2D eigenvalue weighted by molar-refractivity contribution is 1.60. The van der Waals surface area contributed by atoms with Gasteiger partial charge in [0.1, 0.15) is 0 Å². The summed E-state index contributed by atoms with van der Waals surface area (Å²) in [6, 6.07) is 8.16. The number of para-hydroxylation sites is 1. The molecule has 0 atom stereocenters. The fourth-order valence-electron chi connectivity index (χ4n) is 1.19. The van der Waals surface area contributed by atoms with E-state index in [-0.39, 0.29) is 0 Å². The molecule has 66 valence electrons. The van der Waals surface area contributed by atoms with Gasteiger partial charge in [-0.15, -0.1) is 0 Å². The summed E-state index contributed by atoms with van der Waals surface area (Å²) in [4.78, 5) is 4.24. The molecule has 0 fully saturated rings. The Hall–Kier alpha value is -1.22. The average Bonchev–Trinajstić information content (AvgIpc) is 2.38. The quantitative estimate of drug-likeness (QED) is 0.680. The van der Waals surface area contributed by atoms with Crippen molar-refractivity contribution in [1.82, 2.24) is 0 Å². The maximum absolute atomic E-state index is 4.24. The van der Waals surface area contributed by atoms with E-state index in [1.54, 1.807) is 11.8 Å². The Morgan fingerprint density at radius 1 is 1.31 bits per heavy atom. The molecule has 1 aliphatic rings. The van der Waals surface area contributed by atoms with Gasteiger partial charge in [0.05, 0.1) is 0 Å². The summed E-state index contributed by atoms with van der Waals surface area (Å²) in [6.45, 7) is 0. The van der Waals surface area contributed by atoms with Crippen molar-refractivity contribution >= 4 is 28.7 Å². The summed E-state index contributed by atoms with van der Waals surface area (Å²) in [6.07, 6.45) is 5.84. The molecule has 0 saturated carbocycles. The summed E-state index contributed by atoms with van der Waals surface area (Å²) < 4.78 is 0. The third-order valence-corrected chi connectivity index (χ3v) is 2.44. The van der Waals surface area contributed by atoms with E-state index in [1.807, 2.05) is 30.7 Å². The topological polar surface area (TPSA) is 24.4 Å². The fraction of sp³-hybridized carbons (Fsp3) is 0.100. The molecular weight excluding hydrogens is 180 g/mol. The average molecular weight is 190 g/mol. The number of hydrogen-bond donors (Lipinski definition) is 1. The standard InChI is InChI=1S/C10H10N2S/c1-13-10-11-7-6-8-4-2-3-5-9(8)12-10/h2-7H,1H3,(H,11,12). The number of aliphatic imine (C=N–C) groups is 1. The van der Waals surface area contributed by atoms with Crippen molar-refractivity contribution < 1.29 is 0 Å². The monoisotopic (exact) mass is 190 g/mol. The van der Waals surface area contributed by atoms with Crippen molar-refractivity contribution in [2.75, 3.05) is 11.6 Å². The van der Waals surface area contributed by atoms with Gasteiger partial charge in [-0.3, -0.25) is 0 Å². The smallest absolute Gasteiger partial charge is 0.165 e. The van der Waals surface area contributed by atoms with Crippen LogP contribution in [0.1, 0.15) is 5.56 Å². The molecule has 0 saturated heterocycles. The zero-order valence-electron chi connectivity index (χ0n) is 7.32. The lowest BCUT2D eigenvalue weighted by atomic mass is 10.2. The molecule has 0 radical (unpaired) electrons. The summed E-state index contributed by atoms with van der Waals surface area (Å²) >= 11 is 1.61. The first-order valence-corrected chi connectivity index (χ1v) is 5.27. The normalized spacial score (nSPS) is 14.1. The number of nitrogens with zero attached hydrogens (tertiary/aromatic N) is 1. The Bertz CT molecular complexity index is 369. The maximum atomic E-state index is 4.24. The molecule has 1 aliphatic heterocycles. The van der Waals surface area contributed by atoms with Crippen LogP contribution in [0.15, 0.2) is 35.5 Å². The van der Waals surface area contributed by atoms with Crippen molar-refractivity contribution in [3.63, 3.8) is 0 Å². The number of hydrogen-bond acceptors (Lipinski definition) is 3. The maximum Gasteiger partial charge on any atom is 0.165 e. The minimum absolute atomic E-state index is 0.932. The van der Waals surface area contributed by atoms with Crippen LogP contribution in [0, 0.1) is 0 Å². The highest BCUT2D eigenvalue weighted by Gasteiger charge is 2.03. The first kappa shape index (κ1) is 8.38. The minimum atomic E-state index is 0.932. The third-order valence-electron chi connectivity index (χ3n) is 1.84. The van der Waals surface area contributed by atoms with Gasteiger partial charge in [0.25, 0.3) is 0 Å². The number of nitrogens with one attached hydrogen (secondary N) is 1. The molecule has 0 aromatic heterocycles. The molecule has 0 spiro atoms. The van der Waals surface area contributed by atoms with E-state index in [9.17, 15) is 0 Å². The van der Waals surface area contributed by atoms with E-state index in [0.717, 1.165) is 10.9 Å². The van der Waals surface area contributed by atoms with Crippen LogP contribution in [0.2, 0.25) is 0 Å². The van der Waals surface area contributed by atoms with Crippen LogP contribution in [-0.4, -0.2) is 11.4 Å². The first-order chi connectivity index (χ1) is 6.40. The molecule has 2 rings (SSSR count). The highest BCUT2D eigenvalue weighted by atomic mass is 32.2. The molecule has 1 aromatic rings. The van der Waals surface area contributed by atoms with Crippen LogP contribution in [0.3, 0.4) is 0 Å². The Balaban J connectivity index is 2.40. The number of rotatable bonds is 0. The second kappa shape index (κ2) is 3.66. The van der Waals surface area contributed by atoms with Crippen molar-refractivity contribution in [2.45, 2.75) is 0 Å². The summed E-state index contributed by atoms with van der Waals surface area (Å²) in [5, 5.41) is 4.19. The number of fused-ring (bicyclic) bond motifs is 1. The predicted molar refractivity (Wildman–Crippen MR) is 60.0 cm³/mol. The lowest BCUT2D eigenvalue weighted by Crippen LogP contribution is -2.06. The van der Waals surface area contributed by atoms with Gasteiger partial charge in [0.2, 0.25) is 0 Å². The summed E-state index contributed by atoms with van der Waals surface area (Å²) in [5.74, 6) is 0. The third kappa shape index (κ3) is 1.75. The molecule has 0 unspecified atom stereocenters. The molecule has 1 heterocycles. The van der Waals surface area contributed by atoms with Crippen molar-refractivity contribution in [2.24, 2.45) is 4.99 Å². The lowest BCUT2D eigenvalue weighted by Gasteiger charge is -2.06. The van der Waals surface area contributed by atoms with Crippen LogP contribution in [0.4, 0.5) is 5.69 Å². The second-order valence-electron chi connectivity index (χ2n) is 2.67. The largest absolute Gasteiger partial charge is 0.334 e. The van der Waals surface area contributed by atoms with Gasteiger partial charge in [-0.25, -0.2) is 4.99 Å². The Labute approximate surface area is 81.8 Å². The van der Waals surface area contributed by atoms with Crippen LogP contribution in [-0.2, 0) is 0 Å². The van der Waals surface area contributed by atoms with Gasteiger partial charge in [0.15, 0.2) is 5.17 Å². The molecular formula is C10H10N2S. The van der Waals surface area contributed by atoms with Gasteiger partial charge in [-0.05, 0) is 24.0 Å². The molecule has 3 heteroatoms. The number of amidine groups is 1. The summed E-state index contributed by atoms with van der Waals surface area (Å²) in [5.41, 5.74) is 2.29. The molecule has 13 heavy (non-hydrogen) atoms. The first-order valence-electron chi connectivity index (χ1n) is 4.04. The molecule has 0 bridgehead atoms. The Kier molecular flexibility index (Phi) is 2.36. The molecule has 0 aliphatic carbocycles. The molecule has 1 aromatic carbocycles. The molecule has 0 amide bonds. The van der Waals surface area contributed by atoms with Crippen LogP contribution < -0.4 is 5.32 Å². The van der Waals surface area contributed by atoms with Gasteiger partial charge < -0.3 is 5.32 Å². The second-order valence-corrected chi connectivity index (χ2v) is 3.46. The van der Waals surface area contributed by atoms with Gasteiger partial charge in [-0.1, -0.05) is 30.0 Å².